The van der Waals surface area contributed by atoms with E-state index in [1.54, 1.807) is 0 Å². The number of halogens is 2. The first-order chi connectivity index (χ1) is 16.0. The highest BCUT2D eigenvalue weighted by atomic mass is 35.5. The van der Waals surface area contributed by atoms with Gasteiger partial charge in [0.1, 0.15) is 11.6 Å². The molecule has 0 aliphatic rings. The standard InChI is InChI=1S/C29H34Cl2N2O/c1-7-34-26-18-22(28(2,3)4)12-17-25(26)27(32-19-20-8-13-23(30)14-9-20)33-29(5,6)21-10-15-24(31)16-11-21/h8-18H,7,19H2,1-6H3,(H,32,33). The van der Waals surface area contributed by atoms with Crippen molar-refractivity contribution < 1.29 is 4.74 Å². The molecule has 1 N–H and O–H groups in total. The van der Waals surface area contributed by atoms with Gasteiger partial charge >= 0.3 is 0 Å². The van der Waals surface area contributed by atoms with Crippen molar-refractivity contribution in [1.82, 2.24) is 5.32 Å². The summed E-state index contributed by atoms with van der Waals surface area (Å²) in [6.45, 7) is 14.0. The molecule has 0 atom stereocenters. The van der Waals surface area contributed by atoms with Crippen molar-refractivity contribution in [2.45, 2.75) is 59.0 Å². The molecule has 180 valence electrons. The molecule has 0 heterocycles. The highest BCUT2D eigenvalue weighted by Gasteiger charge is 2.25. The number of hydrogen-bond donors (Lipinski definition) is 1. The number of amidine groups is 1. The minimum atomic E-state index is -0.393. The van der Waals surface area contributed by atoms with E-state index in [4.69, 9.17) is 32.9 Å². The van der Waals surface area contributed by atoms with Gasteiger partial charge in [0.2, 0.25) is 0 Å². The molecule has 3 aromatic rings. The highest BCUT2D eigenvalue weighted by molar-refractivity contribution is 6.30. The Morgan fingerprint density at radius 1 is 0.824 bits per heavy atom. The summed E-state index contributed by atoms with van der Waals surface area (Å²) in [5.41, 5.74) is 3.97. The number of rotatable bonds is 7. The summed E-state index contributed by atoms with van der Waals surface area (Å²) >= 11 is 12.2. The van der Waals surface area contributed by atoms with Crippen LogP contribution in [0.5, 0.6) is 5.75 Å². The third-order valence-corrected chi connectivity index (χ3v) is 6.24. The van der Waals surface area contributed by atoms with Crippen LogP contribution in [-0.4, -0.2) is 12.4 Å². The summed E-state index contributed by atoms with van der Waals surface area (Å²) in [6, 6.07) is 22.1. The minimum absolute atomic E-state index is 0.0149. The Balaban J connectivity index is 2.06. The Morgan fingerprint density at radius 2 is 1.38 bits per heavy atom. The van der Waals surface area contributed by atoms with Crippen LogP contribution in [0.2, 0.25) is 10.0 Å². The summed E-state index contributed by atoms with van der Waals surface area (Å²) in [7, 11) is 0. The minimum Gasteiger partial charge on any atom is -0.493 e. The second-order valence-corrected chi connectivity index (χ2v) is 10.8. The fourth-order valence-electron chi connectivity index (χ4n) is 3.65. The van der Waals surface area contributed by atoms with Crippen LogP contribution < -0.4 is 10.1 Å². The summed E-state index contributed by atoms with van der Waals surface area (Å²) in [5.74, 6) is 1.60. The van der Waals surface area contributed by atoms with Gasteiger partial charge in [0.15, 0.2) is 0 Å². The van der Waals surface area contributed by atoms with Crippen LogP contribution in [0.1, 0.15) is 63.8 Å². The zero-order valence-electron chi connectivity index (χ0n) is 20.9. The maximum absolute atomic E-state index is 6.13. The van der Waals surface area contributed by atoms with Crippen LogP contribution in [0.3, 0.4) is 0 Å². The van der Waals surface area contributed by atoms with Gasteiger partial charge in [0, 0.05) is 10.0 Å². The molecule has 0 spiro atoms. The number of benzene rings is 3. The van der Waals surface area contributed by atoms with E-state index in [2.05, 4.69) is 58.1 Å². The Bertz CT molecular complexity index is 1130. The van der Waals surface area contributed by atoms with E-state index in [1.807, 2.05) is 55.5 Å². The van der Waals surface area contributed by atoms with Crippen LogP contribution in [0.4, 0.5) is 0 Å². The zero-order valence-corrected chi connectivity index (χ0v) is 22.4. The molecule has 0 aliphatic heterocycles. The van der Waals surface area contributed by atoms with E-state index >= 15 is 0 Å². The van der Waals surface area contributed by atoms with Gasteiger partial charge in [-0.05, 0) is 79.3 Å². The number of aliphatic imine (C=N–C) groups is 1. The molecule has 0 unspecified atom stereocenters. The third kappa shape index (κ3) is 6.77. The number of hydrogen-bond acceptors (Lipinski definition) is 2. The summed E-state index contributed by atoms with van der Waals surface area (Å²) in [6.07, 6.45) is 0. The number of ether oxygens (including phenoxy) is 1. The van der Waals surface area contributed by atoms with E-state index < -0.39 is 5.54 Å². The molecule has 0 amide bonds. The molecule has 5 heteroatoms. The second kappa shape index (κ2) is 10.8. The maximum atomic E-state index is 6.13. The molecule has 0 saturated heterocycles. The predicted molar refractivity (Wildman–Crippen MR) is 146 cm³/mol. The number of nitrogens with zero attached hydrogens (tertiary/aromatic N) is 1. The van der Waals surface area contributed by atoms with Crippen LogP contribution in [0, 0.1) is 0 Å². The Labute approximate surface area is 214 Å². The molecule has 3 rings (SSSR count). The van der Waals surface area contributed by atoms with Crippen LogP contribution in [0.25, 0.3) is 0 Å². The lowest BCUT2D eigenvalue weighted by molar-refractivity contribution is 0.338. The van der Waals surface area contributed by atoms with Crippen molar-refractivity contribution in [3.8, 4) is 5.75 Å². The van der Waals surface area contributed by atoms with Crippen molar-refractivity contribution in [2.75, 3.05) is 6.61 Å². The average Bonchev–Trinajstić information content (AvgIpc) is 2.77. The molecule has 3 aromatic carbocycles. The summed E-state index contributed by atoms with van der Waals surface area (Å²) < 4.78 is 6.10. The van der Waals surface area contributed by atoms with Crippen molar-refractivity contribution in [3.05, 3.63) is 99.0 Å². The monoisotopic (exact) mass is 496 g/mol. The lowest BCUT2D eigenvalue weighted by Gasteiger charge is -2.30. The molecular formula is C29H34Cl2N2O. The van der Waals surface area contributed by atoms with E-state index in [0.717, 1.165) is 28.3 Å². The van der Waals surface area contributed by atoms with Gasteiger partial charge in [0.25, 0.3) is 0 Å². The molecule has 0 bridgehead atoms. The normalized spacial score (nSPS) is 12.5. The Hall–Kier alpha value is -2.49. The molecule has 0 fully saturated rings. The first kappa shape index (κ1) is 26.1. The first-order valence-corrected chi connectivity index (χ1v) is 12.4. The smallest absolute Gasteiger partial charge is 0.133 e. The van der Waals surface area contributed by atoms with Gasteiger partial charge in [-0.1, -0.05) is 74.3 Å². The van der Waals surface area contributed by atoms with Crippen LogP contribution in [0.15, 0.2) is 71.7 Å². The van der Waals surface area contributed by atoms with Gasteiger partial charge in [-0.15, -0.1) is 0 Å². The van der Waals surface area contributed by atoms with Gasteiger partial charge < -0.3 is 10.1 Å². The largest absolute Gasteiger partial charge is 0.493 e. The fourth-order valence-corrected chi connectivity index (χ4v) is 3.90. The predicted octanol–water partition coefficient (Wildman–Crippen LogP) is 8.16. The number of nitrogens with one attached hydrogen (secondary N) is 1. The quantitative estimate of drug-likeness (QED) is 0.264. The van der Waals surface area contributed by atoms with Crippen LogP contribution >= 0.6 is 23.2 Å². The molecule has 3 nitrogen and oxygen atoms in total. The molecule has 34 heavy (non-hydrogen) atoms. The lowest BCUT2D eigenvalue weighted by Crippen LogP contribution is -2.41. The molecule has 0 radical (unpaired) electrons. The average molecular weight is 498 g/mol. The topological polar surface area (TPSA) is 33.6 Å². The second-order valence-electron chi connectivity index (χ2n) is 9.94. The van der Waals surface area contributed by atoms with E-state index in [1.165, 1.54) is 5.56 Å². The SMILES string of the molecule is CCOc1cc(C(C)(C)C)ccc1C(=NCc1ccc(Cl)cc1)NC(C)(C)c1ccc(Cl)cc1. The Morgan fingerprint density at radius 3 is 1.94 bits per heavy atom. The van der Waals surface area contributed by atoms with E-state index in [0.29, 0.717) is 23.2 Å². The summed E-state index contributed by atoms with van der Waals surface area (Å²) in [4.78, 5) is 5.01. The van der Waals surface area contributed by atoms with Gasteiger partial charge in [0.05, 0.1) is 24.3 Å². The van der Waals surface area contributed by atoms with Crippen molar-refractivity contribution in [1.29, 1.82) is 0 Å². The van der Waals surface area contributed by atoms with Crippen molar-refractivity contribution in [3.63, 3.8) is 0 Å². The molecule has 0 aromatic heterocycles. The summed E-state index contributed by atoms with van der Waals surface area (Å²) in [5, 5.41) is 5.11. The van der Waals surface area contributed by atoms with Gasteiger partial charge in [-0.2, -0.15) is 0 Å². The van der Waals surface area contributed by atoms with Gasteiger partial charge in [-0.25, -0.2) is 0 Å². The van der Waals surface area contributed by atoms with Gasteiger partial charge in [-0.3, -0.25) is 4.99 Å². The van der Waals surface area contributed by atoms with Crippen LogP contribution in [-0.2, 0) is 17.5 Å². The molecule has 0 aliphatic carbocycles. The molecular weight excluding hydrogens is 463 g/mol. The van der Waals surface area contributed by atoms with E-state index in [9.17, 15) is 0 Å². The highest BCUT2D eigenvalue weighted by Crippen LogP contribution is 2.30. The first-order valence-electron chi connectivity index (χ1n) is 11.6. The lowest BCUT2D eigenvalue weighted by atomic mass is 9.86. The molecule has 0 saturated carbocycles. The third-order valence-electron chi connectivity index (χ3n) is 5.73. The van der Waals surface area contributed by atoms with E-state index in [-0.39, 0.29) is 5.41 Å². The maximum Gasteiger partial charge on any atom is 0.133 e. The van der Waals surface area contributed by atoms with Crippen molar-refractivity contribution in [2.24, 2.45) is 4.99 Å². The van der Waals surface area contributed by atoms with Crippen molar-refractivity contribution >= 4 is 29.0 Å². The Kier molecular flexibility index (Phi) is 8.33. The zero-order chi connectivity index (χ0) is 24.9. The fraction of sp³-hybridized carbons (Fsp3) is 0.345.